The summed E-state index contributed by atoms with van der Waals surface area (Å²) in [6.45, 7) is 4.52. The average Bonchev–Trinajstić information content (AvgIpc) is 3.31. The summed E-state index contributed by atoms with van der Waals surface area (Å²) in [5.74, 6) is 0.148. The average molecular weight is 378 g/mol. The molecule has 4 rings (SSSR count). The normalized spacial score (nSPS) is 23.7. The van der Waals surface area contributed by atoms with Crippen LogP contribution in [0.5, 0.6) is 0 Å². The Morgan fingerprint density at radius 1 is 1.19 bits per heavy atom. The number of nitrogens with one attached hydrogen (secondary N) is 1. The minimum Gasteiger partial charge on any atom is -0.368 e. The van der Waals surface area contributed by atoms with Gasteiger partial charge in [-0.25, -0.2) is 4.98 Å². The van der Waals surface area contributed by atoms with E-state index in [4.69, 9.17) is 4.74 Å². The number of piperidine rings is 1. The fourth-order valence-corrected chi connectivity index (χ4v) is 4.90. The monoisotopic (exact) mass is 378 g/mol. The van der Waals surface area contributed by atoms with Crippen LogP contribution in [0, 0.1) is 0 Å². The van der Waals surface area contributed by atoms with Crippen LogP contribution in [-0.2, 0) is 27.3 Å². The molecule has 0 aliphatic carbocycles. The van der Waals surface area contributed by atoms with Crippen LogP contribution < -0.4 is 5.32 Å². The third-order valence-electron chi connectivity index (χ3n) is 5.33. The zero-order valence-electron chi connectivity index (χ0n) is 15.0. The number of likely N-dealkylation sites (tertiary alicyclic amines) is 1. The van der Waals surface area contributed by atoms with Crippen LogP contribution in [-0.4, -0.2) is 65.5 Å². The fourth-order valence-electron chi connectivity index (χ4n) is 3.84. The lowest BCUT2D eigenvalue weighted by atomic mass is 10.1. The van der Waals surface area contributed by atoms with Gasteiger partial charge >= 0.3 is 0 Å². The second kappa shape index (κ2) is 8.02. The molecule has 3 aliphatic rings. The molecule has 1 unspecified atom stereocenters. The van der Waals surface area contributed by atoms with Gasteiger partial charge in [-0.1, -0.05) is 0 Å². The van der Waals surface area contributed by atoms with Gasteiger partial charge < -0.3 is 9.64 Å². The maximum atomic E-state index is 12.5. The highest BCUT2D eigenvalue weighted by molar-refractivity contribution is 7.15. The Labute approximate surface area is 157 Å². The Bertz CT molecular complexity index is 665. The van der Waals surface area contributed by atoms with Crippen molar-refractivity contribution in [2.75, 3.05) is 38.1 Å². The van der Waals surface area contributed by atoms with Crippen LogP contribution in [0.4, 0.5) is 5.13 Å². The van der Waals surface area contributed by atoms with E-state index in [9.17, 15) is 9.59 Å². The van der Waals surface area contributed by atoms with Crippen LogP contribution in [0.15, 0.2) is 0 Å². The number of carbonyl (C=O) groups is 2. The minimum atomic E-state index is -0.338. The predicted octanol–water partition coefficient (Wildman–Crippen LogP) is 1.63. The Balaban J connectivity index is 1.32. The molecule has 0 bridgehead atoms. The molecular weight excluding hydrogens is 352 g/mol. The topological polar surface area (TPSA) is 74.8 Å². The van der Waals surface area contributed by atoms with Crippen molar-refractivity contribution >= 4 is 28.3 Å². The molecule has 2 amide bonds. The molecule has 0 radical (unpaired) electrons. The van der Waals surface area contributed by atoms with E-state index in [1.807, 2.05) is 4.90 Å². The van der Waals surface area contributed by atoms with E-state index >= 15 is 0 Å². The maximum absolute atomic E-state index is 12.5. The number of anilines is 1. The summed E-state index contributed by atoms with van der Waals surface area (Å²) in [4.78, 5) is 34.6. The lowest BCUT2D eigenvalue weighted by Crippen LogP contribution is -2.43. The molecular formula is C18H26N4O3S. The standard InChI is InChI=1S/C18H26N4O3S/c23-16(22-7-2-1-3-8-22)12-21-9-6-13-15(11-21)26-18(19-13)20-17(24)14-5-4-10-25-14/h14H,1-12H2,(H,19,20,24). The number of hydrogen-bond donors (Lipinski definition) is 1. The van der Waals surface area contributed by atoms with Crippen LogP contribution in [0.2, 0.25) is 0 Å². The number of carbonyl (C=O) groups excluding carboxylic acids is 2. The third kappa shape index (κ3) is 4.07. The molecule has 4 heterocycles. The number of hydrogen-bond acceptors (Lipinski definition) is 6. The Kier molecular flexibility index (Phi) is 5.52. The maximum Gasteiger partial charge on any atom is 0.255 e. The highest BCUT2D eigenvalue weighted by Crippen LogP contribution is 2.29. The number of thiazole rings is 1. The van der Waals surface area contributed by atoms with Gasteiger partial charge in [0.15, 0.2) is 5.13 Å². The summed E-state index contributed by atoms with van der Waals surface area (Å²) in [5, 5.41) is 3.55. The largest absolute Gasteiger partial charge is 0.368 e. The molecule has 2 fully saturated rings. The zero-order valence-corrected chi connectivity index (χ0v) is 15.9. The lowest BCUT2D eigenvalue weighted by Gasteiger charge is -2.31. The first-order valence-corrected chi connectivity index (χ1v) is 10.4. The SMILES string of the molecule is O=C(Nc1nc2c(s1)CN(CC(=O)N1CCCCC1)CC2)C1CCCO1. The highest BCUT2D eigenvalue weighted by atomic mass is 32.1. The number of amides is 2. The molecule has 0 spiro atoms. The van der Waals surface area contributed by atoms with E-state index < -0.39 is 0 Å². The van der Waals surface area contributed by atoms with Crippen molar-refractivity contribution in [1.82, 2.24) is 14.8 Å². The molecule has 1 aromatic heterocycles. The number of nitrogens with zero attached hydrogens (tertiary/aromatic N) is 3. The molecule has 1 atom stereocenters. The number of ether oxygens (including phenoxy) is 1. The highest BCUT2D eigenvalue weighted by Gasteiger charge is 2.27. The minimum absolute atomic E-state index is 0.0919. The molecule has 26 heavy (non-hydrogen) atoms. The van der Waals surface area contributed by atoms with Crippen molar-refractivity contribution in [3.05, 3.63) is 10.6 Å². The van der Waals surface area contributed by atoms with Crippen molar-refractivity contribution in [3.63, 3.8) is 0 Å². The summed E-state index contributed by atoms with van der Waals surface area (Å²) in [7, 11) is 0. The second-order valence-corrected chi connectivity index (χ2v) is 8.37. The van der Waals surface area contributed by atoms with E-state index in [0.717, 1.165) is 68.9 Å². The van der Waals surface area contributed by atoms with Gasteiger partial charge in [0.05, 0.1) is 12.2 Å². The molecule has 1 aromatic rings. The van der Waals surface area contributed by atoms with Crippen molar-refractivity contribution in [1.29, 1.82) is 0 Å². The first-order valence-electron chi connectivity index (χ1n) is 9.60. The van der Waals surface area contributed by atoms with Crippen LogP contribution in [0.3, 0.4) is 0 Å². The van der Waals surface area contributed by atoms with E-state index in [1.165, 1.54) is 17.8 Å². The molecule has 3 aliphatic heterocycles. The molecule has 1 N–H and O–H groups in total. The quantitative estimate of drug-likeness (QED) is 0.862. The van der Waals surface area contributed by atoms with Crippen LogP contribution in [0.25, 0.3) is 0 Å². The van der Waals surface area contributed by atoms with E-state index in [0.29, 0.717) is 18.3 Å². The molecule has 0 saturated carbocycles. The number of rotatable bonds is 4. The lowest BCUT2D eigenvalue weighted by molar-refractivity contribution is -0.133. The van der Waals surface area contributed by atoms with Crippen LogP contribution >= 0.6 is 11.3 Å². The van der Waals surface area contributed by atoms with E-state index in [-0.39, 0.29) is 17.9 Å². The third-order valence-corrected chi connectivity index (χ3v) is 6.33. The van der Waals surface area contributed by atoms with Gasteiger partial charge in [0.2, 0.25) is 5.91 Å². The summed E-state index contributed by atoms with van der Waals surface area (Å²) in [5.41, 5.74) is 1.05. The van der Waals surface area contributed by atoms with Gasteiger partial charge in [0, 0.05) is 44.1 Å². The van der Waals surface area contributed by atoms with Gasteiger partial charge in [0.1, 0.15) is 6.10 Å². The summed E-state index contributed by atoms with van der Waals surface area (Å²) in [6.07, 6.45) is 5.69. The van der Waals surface area contributed by atoms with Crippen molar-refractivity contribution in [2.24, 2.45) is 0 Å². The summed E-state index contributed by atoms with van der Waals surface area (Å²) >= 11 is 1.52. The van der Waals surface area contributed by atoms with Gasteiger partial charge in [0.25, 0.3) is 5.91 Å². The van der Waals surface area contributed by atoms with Gasteiger partial charge in [-0.05, 0) is 32.1 Å². The zero-order chi connectivity index (χ0) is 17.9. The molecule has 7 nitrogen and oxygen atoms in total. The van der Waals surface area contributed by atoms with Crippen molar-refractivity contribution in [2.45, 2.75) is 51.2 Å². The fraction of sp³-hybridized carbons (Fsp3) is 0.722. The van der Waals surface area contributed by atoms with E-state index in [2.05, 4.69) is 15.2 Å². The summed E-state index contributed by atoms with van der Waals surface area (Å²) in [6, 6.07) is 0. The Morgan fingerprint density at radius 2 is 2.04 bits per heavy atom. The Hall–Kier alpha value is -1.51. The molecule has 8 heteroatoms. The molecule has 0 aromatic carbocycles. The van der Waals surface area contributed by atoms with E-state index in [1.54, 1.807) is 0 Å². The second-order valence-electron chi connectivity index (χ2n) is 7.28. The van der Waals surface area contributed by atoms with Gasteiger partial charge in [-0.15, -0.1) is 11.3 Å². The van der Waals surface area contributed by atoms with Crippen molar-refractivity contribution < 1.29 is 14.3 Å². The first kappa shape index (κ1) is 17.9. The van der Waals surface area contributed by atoms with Gasteiger partial charge in [-0.2, -0.15) is 0 Å². The van der Waals surface area contributed by atoms with Crippen LogP contribution in [0.1, 0.15) is 42.7 Å². The summed E-state index contributed by atoms with van der Waals surface area (Å²) < 4.78 is 5.42. The number of aromatic nitrogens is 1. The predicted molar refractivity (Wildman–Crippen MR) is 99.1 cm³/mol. The molecule has 2 saturated heterocycles. The molecule has 142 valence electrons. The first-order chi connectivity index (χ1) is 12.7. The number of fused-ring (bicyclic) bond motifs is 1. The van der Waals surface area contributed by atoms with Gasteiger partial charge in [-0.3, -0.25) is 19.8 Å². The smallest absolute Gasteiger partial charge is 0.255 e. The van der Waals surface area contributed by atoms with Crippen molar-refractivity contribution in [3.8, 4) is 0 Å². The Morgan fingerprint density at radius 3 is 2.81 bits per heavy atom.